The topological polar surface area (TPSA) is 21.3 Å². The fourth-order valence-electron chi connectivity index (χ4n) is 1.99. The number of aryl methyl sites for hydroxylation is 1. The second-order valence-electron chi connectivity index (χ2n) is 5.46. The highest BCUT2D eigenvalue weighted by Gasteiger charge is 1.98. The molecule has 2 aromatic rings. The molecule has 20 heavy (non-hydrogen) atoms. The lowest BCUT2D eigenvalue weighted by molar-refractivity contribution is 0.306. The Bertz CT molecular complexity index is 531. The Hall–Kier alpha value is -1.80. The first-order valence-corrected chi connectivity index (χ1v) is 7.14. The molecule has 0 aliphatic heterocycles. The van der Waals surface area contributed by atoms with E-state index < -0.39 is 0 Å². The van der Waals surface area contributed by atoms with Crippen LogP contribution in [0.4, 0.5) is 0 Å². The predicted molar refractivity (Wildman–Crippen MR) is 83.9 cm³/mol. The molecular weight excluding hydrogens is 246 g/mol. The highest BCUT2D eigenvalue weighted by atomic mass is 16.5. The average molecular weight is 269 g/mol. The second kappa shape index (κ2) is 7.11. The molecule has 0 bridgehead atoms. The van der Waals surface area contributed by atoms with E-state index in [1.165, 1.54) is 16.7 Å². The minimum Gasteiger partial charge on any atom is -0.489 e. The maximum Gasteiger partial charge on any atom is 0.119 e. The van der Waals surface area contributed by atoms with Crippen LogP contribution in [0.2, 0.25) is 0 Å². The quantitative estimate of drug-likeness (QED) is 0.853. The molecule has 0 aromatic heterocycles. The molecule has 0 fully saturated rings. The van der Waals surface area contributed by atoms with E-state index in [9.17, 15) is 0 Å². The van der Waals surface area contributed by atoms with E-state index in [1.807, 2.05) is 12.1 Å². The van der Waals surface area contributed by atoms with Crippen molar-refractivity contribution in [2.75, 3.05) is 0 Å². The fourth-order valence-corrected chi connectivity index (χ4v) is 1.99. The van der Waals surface area contributed by atoms with Gasteiger partial charge >= 0.3 is 0 Å². The van der Waals surface area contributed by atoms with Gasteiger partial charge in [-0.15, -0.1) is 0 Å². The van der Waals surface area contributed by atoms with Crippen LogP contribution in [0.15, 0.2) is 48.5 Å². The van der Waals surface area contributed by atoms with Gasteiger partial charge in [0, 0.05) is 12.6 Å². The van der Waals surface area contributed by atoms with Crippen LogP contribution >= 0.6 is 0 Å². The van der Waals surface area contributed by atoms with Crippen molar-refractivity contribution in [1.29, 1.82) is 0 Å². The third-order valence-corrected chi connectivity index (χ3v) is 3.13. The van der Waals surface area contributed by atoms with Gasteiger partial charge in [0.05, 0.1) is 0 Å². The molecule has 0 heterocycles. The van der Waals surface area contributed by atoms with Crippen LogP contribution in [-0.4, -0.2) is 6.04 Å². The van der Waals surface area contributed by atoms with Gasteiger partial charge in [-0.05, 0) is 30.2 Å². The van der Waals surface area contributed by atoms with Crippen molar-refractivity contribution in [2.45, 2.75) is 40.0 Å². The van der Waals surface area contributed by atoms with Crippen LogP contribution in [0.1, 0.15) is 30.5 Å². The van der Waals surface area contributed by atoms with E-state index in [1.54, 1.807) is 0 Å². The number of hydrogen-bond acceptors (Lipinski definition) is 2. The molecule has 0 spiro atoms. The van der Waals surface area contributed by atoms with E-state index in [0.717, 1.165) is 12.3 Å². The lowest BCUT2D eigenvalue weighted by Gasteiger charge is -2.10. The van der Waals surface area contributed by atoms with Crippen molar-refractivity contribution in [3.05, 3.63) is 65.2 Å². The monoisotopic (exact) mass is 269 g/mol. The number of ether oxygens (including phenoxy) is 1. The Morgan fingerprint density at radius 2 is 1.75 bits per heavy atom. The normalized spacial score (nSPS) is 10.8. The summed E-state index contributed by atoms with van der Waals surface area (Å²) in [6.07, 6.45) is 0. The van der Waals surface area contributed by atoms with E-state index in [-0.39, 0.29) is 0 Å². The fraction of sp³-hybridized carbons (Fsp3) is 0.333. The van der Waals surface area contributed by atoms with Crippen molar-refractivity contribution in [1.82, 2.24) is 5.32 Å². The van der Waals surface area contributed by atoms with Crippen LogP contribution in [0.3, 0.4) is 0 Å². The second-order valence-corrected chi connectivity index (χ2v) is 5.46. The van der Waals surface area contributed by atoms with Gasteiger partial charge < -0.3 is 10.1 Å². The van der Waals surface area contributed by atoms with Crippen molar-refractivity contribution < 1.29 is 4.74 Å². The summed E-state index contributed by atoms with van der Waals surface area (Å²) in [5.74, 6) is 0.916. The standard InChI is InChI=1S/C18H23NO/c1-14(2)19-12-16-7-9-18(10-8-16)20-13-17-6-4-5-15(3)11-17/h4-11,14,19H,12-13H2,1-3H3. The van der Waals surface area contributed by atoms with Crippen LogP contribution in [0.5, 0.6) is 5.75 Å². The number of hydrogen-bond donors (Lipinski definition) is 1. The summed E-state index contributed by atoms with van der Waals surface area (Å²) in [5.41, 5.74) is 3.75. The molecule has 1 N–H and O–H groups in total. The molecule has 2 aromatic carbocycles. The molecule has 2 rings (SSSR count). The van der Waals surface area contributed by atoms with E-state index >= 15 is 0 Å². The zero-order chi connectivity index (χ0) is 14.4. The zero-order valence-corrected chi connectivity index (χ0v) is 12.5. The highest BCUT2D eigenvalue weighted by molar-refractivity contribution is 5.28. The summed E-state index contributed by atoms with van der Waals surface area (Å²) in [6, 6.07) is 17.2. The Kier molecular flexibility index (Phi) is 5.19. The van der Waals surface area contributed by atoms with Crippen LogP contribution < -0.4 is 10.1 Å². The minimum atomic E-state index is 0.507. The maximum absolute atomic E-state index is 5.81. The third kappa shape index (κ3) is 4.71. The van der Waals surface area contributed by atoms with Gasteiger partial charge in [-0.2, -0.15) is 0 Å². The predicted octanol–water partition coefficient (Wildman–Crippen LogP) is 4.07. The van der Waals surface area contributed by atoms with Crippen LogP contribution in [0.25, 0.3) is 0 Å². The summed E-state index contributed by atoms with van der Waals surface area (Å²) >= 11 is 0. The number of benzene rings is 2. The molecule has 0 atom stereocenters. The summed E-state index contributed by atoms with van der Waals surface area (Å²) in [7, 11) is 0. The molecule has 0 saturated heterocycles. The van der Waals surface area contributed by atoms with E-state index in [2.05, 4.69) is 62.5 Å². The van der Waals surface area contributed by atoms with Crippen LogP contribution in [0, 0.1) is 6.92 Å². The first-order chi connectivity index (χ1) is 9.63. The van der Waals surface area contributed by atoms with Crippen molar-refractivity contribution >= 4 is 0 Å². The molecule has 0 saturated carbocycles. The van der Waals surface area contributed by atoms with Crippen LogP contribution in [-0.2, 0) is 13.2 Å². The molecule has 0 radical (unpaired) electrons. The maximum atomic E-state index is 5.81. The molecular formula is C18H23NO. The van der Waals surface area contributed by atoms with E-state index in [0.29, 0.717) is 12.6 Å². The molecule has 2 heteroatoms. The molecule has 2 nitrogen and oxygen atoms in total. The SMILES string of the molecule is Cc1cccc(COc2ccc(CNC(C)C)cc2)c1. The van der Waals surface area contributed by atoms with Crippen molar-refractivity contribution in [2.24, 2.45) is 0 Å². The largest absolute Gasteiger partial charge is 0.489 e. The summed E-state index contributed by atoms with van der Waals surface area (Å²) < 4.78 is 5.81. The Morgan fingerprint density at radius 1 is 1.00 bits per heavy atom. The van der Waals surface area contributed by atoms with Gasteiger partial charge in [0.2, 0.25) is 0 Å². The first kappa shape index (κ1) is 14.6. The van der Waals surface area contributed by atoms with Gasteiger partial charge in [-0.3, -0.25) is 0 Å². The minimum absolute atomic E-state index is 0.507. The van der Waals surface area contributed by atoms with Gasteiger partial charge in [-0.1, -0.05) is 55.8 Å². The van der Waals surface area contributed by atoms with E-state index in [4.69, 9.17) is 4.74 Å². The summed E-state index contributed by atoms with van der Waals surface area (Å²) in [4.78, 5) is 0. The Morgan fingerprint density at radius 3 is 2.40 bits per heavy atom. The summed E-state index contributed by atoms with van der Waals surface area (Å²) in [5, 5.41) is 3.40. The Labute approximate surface area is 121 Å². The van der Waals surface area contributed by atoms with Crippen molar-refractivity contribution in [3.63, 3.8) is 0 Å². The molecule has 0 aliphatic rings. The van der Waals surface area contributed by atoms with Gasteiger partial charge in [0.1, 0.15) is 12.4 Å². The molecule has 106 valence electrons. The number of nitrogens with one attached hydrogen (secondary N) is 1. The highest BCUT2D eigenvalue weighted by Crippen LogP contribution is 2.15. The third-order valence-electron chi connectivity index (χ3n) is 3.13. The smallest absolute Gasteiger partial charge is 0.119 e. The number of rotatable bonds is 6. The van der Waals surface area contributed by atoms with Gasteiger partial charge in [0.25, 0.3) is 0 Å². The first-order valence-electron chi connectivity index (χ1n) is 7.14. The molecule has 0 amide bonds. The van der Waals surface area contributed by atoms with Gasteiger partial charge in [-0.25, -0.2) is 0 Å². The lowest BCUT2D eigenvalue weighted by atomic mass is 10.1. The molecule has 0 unspecified atom stereocenters. The lowest BCUT2D eigenvalue weighted by Crippen LogP contribution is -2.21. The zero-order valence-electron chi connectivity index (χ0n) is 12.5. The van der Waals surface area contributed by atoms with Gasteiger partial charge in [0.15, 0.2) is 0 Å². The molecule has 0 aliphatic carbocycles. The Balaban J connectivity index is 1.87. The van der Waals surface area contributed by atoms with Crippen molar-refractivity contribution in [3.8, 4) is 5.75 Å². The summed E-state index contributed by atoms with van der Waals surface area (Å²) in [6.45, 7) is 7.92. The average Bonchev–Trinajstić information content (AvgIpc) is 2.44.